The summed E-state index contributed by atoms with van der Waals surface area (Å²) in [5.74, 6) is -0.555. The van der Waals surface area contributed by atoms with Crippen molar-refractivity contribution >= 4 is 22.7 Å². The van der Waals surface area contributed by atoms with E-state index in [0.29, 0.717) is 31.6 Å². The van der Waals surface area contributed by atoms with E-state index in [0.717, 1.165) is 10.9 Å². The second-order valence-corrected chi connectivity index (χ2v) is 5.26. The first kappa shape index (κ1) is 13.5. The molecule has 0 saturated carbocycles. The van der Waals surface area contributed by atoms with E-state index in [9.17, 15) is 9.59 Å². The zero-order valence-electron chi connectivity index (χ0n) is 11.5. The Bertz CT molecular complexity index is 693. The molecule has 2 aromatic rings. The molecule has 108 valence electrons. The van der Waals surface area contributed by atoms with Gasteiger partial charge in [0.25, 0.3) is 5.91 Å². The molecule has 0 atom stereocenters. The van der Waals surface area contributed by atoms with Gasteiger partial charge in [0.15, 0.2) is 5.69 Å². The van der Waals surface area contributed by atoms with Gasteiger partial charge < -0.3 is 10.6 Å². The van der Waals surface area contributed by atoms with Crippen LogP contribution in [0.3, 0.4) is 0 Å². The van der Waals surface area contributed by atoms with Crippen LogP contribution in [-0.2, 0) is 4.79 Å². The SMILES string of the molecule is NC(=O)C1CCN(C(=O)c2cc3ccccc3nn2)CC1. The van der Waals surface area contributed by atoms with Crippen LogP contribution in [0.15, 0.2) is 30.3 Å². The van der Waals surface area contributed by atoms with Crippen molar-refractivity contribution in [3.8, 4) is 0 Å². The number of aromatic nitrogens is 2. The standard InChI is InChI=1S/C15H16N4O2/c16-14(20)10-5-7-19(8-6-10)15(21)13-9-11-3-1-2-4-12(11)17-18-13/h1-4,9-10H,5-8H2,(H2,16,20). The Labute approximate surface area is 121 Å². The molecule has 1 aliphatic rings. The van der Waals surface area contributed by atoms with Gasteiger partial charge in [-0.05, 0) is 25.0 Å². The number of carbonyl (C=O) groups is 2. The van der Waals surface area contributed by atoms with E-state index in [1.165, 1.54) is 0 Å². The summed E-state index contributed by atoms with van der Waals surface area (Å²) in [6.07, 6.45) is 1.23. The largest absolute Gasteiger partial charge is 0.369 e. The molecule has 0 unspecified atom stereocenters. The topological polar surface area (TPSA) is 89.2 Å². The van der Waals surface area contributed by atoms with Gasteiger partial charge in [-0.2, -0.15) is 0 Å². The molecule has 2 N–H and O–H groups in total. The van der Waals surface area contributed by atoms with Gasteiger partial charge in [-0.15, -0.1) is 10.2 Å². The van der Waals surface area contributed by atoms with Gasteiger partial charge in [0, 0.05) is 24.4 Å². The first-order valence-electron chi connectivity index (χ1n) is 6.96. The van der Waals surface area contributed by atoms with Crippen LogP contribution in [0.2, 0.25) is 0 Å². The first-order chi connectivity index (χ1) is 10.1. The molecule has 2 heterocycles. The van der Waals surface area contributed by atoms with Crippen molar-refractivity contribution in [1.82, 2.24) is 15.1 Å². The Hall–Kier alpha value is -2.50. The van der Waals surface area contributed by atoms with Crippen LogP contribution in [-0.4, -0.2) is 40.0 Å². The summed E-state index contributed by atoms with van der Waals surface area (Å²) in [5.41, 5.74) is 6.40. The van der Waals surface area contributed by atoms with Crippen LogP contribution in [0.1, 0.15) is 23.3 Å². The summed E-state index contributed by atoms with van der Waals surface area (Å²) >= 11 is 0. The molecule has 0 spiro atoms. The highest BCUT2D eigenvalue weighted by Gasteiger charge is 2.27. The van der Waals surface area contributed by atoms with E-state index in [2.05, 4.69) is 10.2 Å². The van der Waals surface area contributed by atoms with Gasteiger partial charge in [0.1, 0.15) is 0 Å². The number of amides is 2. The lowest BCUT2D eigenvalue weighted by Crippen LogP contribution is -2.42. The number of carbonyl (C=O) groups excluding carboxylic acids is 2. The number of hydrogen-bond acceptors (Lipinski definition) is 4. The average Bonchev–Trinajstić information content (AvgIpc) is 2.54. The highest BCUT2D eigenvalue weighted by atomic mass is 16.2. The number of nitrogens with two attached hydrogens (primary N) is 1. The van der Waals surface area contributed by atoms with Crippen LogP contribution < -0.4 is 5.73 Å². The van der Waals surface area contributed by atoms with E-state index in [4.69, 9.17) is 5.73 Å². The summed E-state index contributed by atoms with van der Waals surface area (Å²) in [5, 5.41) is 8.96. The van der Waals surface area contributed by atoms with Crippen molar-refractivity contribution in [3.05, 3.63) is 36.0 Å². The molecule has 0 radical (unpaired) electrons. The fourth-order valence-electron chi connectivity index (χ4n) is 2.62. The zero-order valence-corrected chi connectivity index (χ0v) is 11.5. The number of fused-ring (bicyclic) bond motifs is 1. The highest BCUT2D eigenvalue weighted by molar-refractivity contribution is 5.95. The lowest BCUT2D eigenvalue weighted by molar-refractivity contribution is -0.123. The fourth-order valence-corrected chi connectivity index (χ4v) is 2.62. The van der Waals surface area contributed by atoms with Crippen LogP contribution in [0.5, 0.6) is 0 Å². The molecule has 1 aromatic heterocycles. The summed E-state index contributed by atoms with van der Waals surface area (Å²) in [6, 6.07) is 9.30. The third kappa shape index (κ3) is 2.69. The highest BCUT2D eigenvalue weighted by Crippen LogP contribution is 2.19. The Morgan fingerprint density at radius 1 is 1.14 bits per heavy atom. The lowest BCUT2D eigenvalue weighted by Gasteiger charge is -2.30. The molecular weight excluding hydrogens is 268 g/mol. The summed E-state index contributed by atoms with van der Waals surface area (Å²) in [6.45, 7) is 1.06. The van der Waals surface area contributed by atoms with E-state index in [1.807, 2.05) is 24.3 Å². The smallest absolute Gasteiger partial charge is 0.274 e. The molecule has 1 aliphatic heterocycles. The fraction of sp³-hybridized carbons (Fsp3) is 0.333. The second-order valence-electron chi connectivity index (χ2n) is 5.26. The van der Waals surface area contributed by atoms with Crippen molar-refractivity contribution in [3.63, 3.8) is 0 Å². The minimum absolute atomic E-state index is 0.128. The van der Waals surface area contributed by atoms with E-state index in [-0.39, 0.29) is 17.7 Å². The maximum atomic E-state index is 12.4. The predicted octanol–water partition coefficient (Wildman–Crippen LogP) is 0.967. The predicted molar refractivity (Wildman–Crippen MR) is 77.4 cm³/mol. The van der Waals surface area contributed by atoms with Gasteiger partial charge >= 0.3 is 0 Å². The van der Waals surface area contributed by atoms with E-state index in [1.54, 1.807) is 11.0 Å². The van der Waals surface area contributed by atoms with Crippen molar-refractivity contribution < 1.29 is 9.59 Å². The molecular formula is C15H16N4O2. The van der Waals surface area contributed by atoms with Crippen LogP contribution in [0.25, 0.3) is 10.9 Å². The van der Waals surface area contributed by atoms with Gasteiger partial charge in [-0.1, -0.05) is 18.2 Å². The Kier molecular flexibility index (Phi) is 3.51. The minimum atomic E-state index is -0.285. The van der Waals surface area contributed by atoms with Gasteiger partial charge in [0.2, 0.25) is 5.91 Å². The third-order valence-corrected chi connectivity index (χ3v) is 3.90. The molecule has 21 heavy (non-hydrogen) atoms. The number of likely N-dealkylation sites (tertiary alicyclic amines) is 1. The molecule has 1 fully saturated rings. The molecule has 3 rings (SSSR count). The number of hydrogen-bond donors (Lipinski definition) is 1. The Morgan fingerprint density at radius 3 is 2.57 bits per heavy atom. The monoisotopic (exact) mass is 284 g/mol. The first-order valence-corrected chi connectivity index (χ1v) is 6.96. The van der Waals surface area contributed by atoms with Crippen LogP contribution >= 0.6 is 0 Å². The van der Waals surface area contributed by atoms with Crippen molar-refractivity contribution in [2.75, 3.05) is 13.1 Å². The quantitative estimate of drug-likeness (QED) is 0.889. The van der Waals surface area contributed by atoms with E-state index >= 15 is 0 Å². The number of rotatable bonds is 2. The number of nitrogens with zero attached hydrogens (tertiary/aromatic N) is 3. The van der Waals surface area contributed by atoms with Crippen LogP contribution in [0.4, 0.5) is 0 Å². The van der Waals surface area contributed by atoms with Crippen LogP contribution in [0, 0.1) is 5.92 Å². The maximum absolute atomic E-state index is 12.4. The lowest BCUT2D eigenvalue weighted by atomic mass is 9.96. The van der Waals surface area contributed by atoms with Gasteiger partial charge in [-0.25, -0.2) is 0 Å². The second kappa shape index (κ2) is 5.47. The van der Waals surface area contributed by atoms with Crippen molar-refractivity contribution in [1.29, 1.82) is 0 Å². The summed E-state index contributed by atoms with van der Waals surface area (Å²) in [7, 11) is 0. The Balaban J connectivity index is 1.76. The van der Waals surface area contributed by atoms with E-state index < -0.39 is 0 Å². The molecule has 6 heteroatoms. The maximum Gasteiger partial charge on any atom is 0.274 e. The zero-order chi connectivity index (χ0) is 14.8. The molecule has 1 saturated heterocycles. The summed E-state index contributed by atoms with van der Waals surface area (Å²) in [4.78, 5) is 25.3. The normalized spacial score (nSPS) is 16.1. The Morgan fingerprint density at radius 2 is 1.86 bits per heavy atom. The van der Waals surface area contributed by atoms with Gasteiger partial charge in [0.05, 0.1) is 5.52 Å². The molecule has 1 aromatic carbocycles. The van der Waals surface area contributed by atoms with Gasteiger partial charge in [-0.3, -0.25) is 9.59 Å². The van der Waals surface area contributed by atoms with Crippen molar-refractivity contribution in [2.24, 2.45) is 11.7 Å². The number of benzene rings is 1. The molecule has 0 aliphatic carbocycles. The molecule has 6 nitrogen and oxygen atoms in total. The molecule has 0 bridgehead atoms. The number of primary amides is 1. The number of piperidine rings is 1. The third-order valence-electron chi connectivity index (χ3n) is 3.90. The minimum Gasteiger partial charge on any atom is -0.369 e. The molecule has 2 amide bonds. The van der Waals surface area contributed by atoms with Crippen molar-refractivity contribution in [2.45, 2.75) is 12.8 Å². The average molecular weight is 284 g/mol. The summed E-state index contributed by atoms with van der Waals surface area (Å²) < 4.78 is 0.